The summed E-state index contributed by atoms with van der Waals surface area (Å²) >= 11 is 9.09. The van der Waals surface area contributed by atoms with Gasteiger partial charge in [-0.1, -0.05) is 33.6 Å². The highest BCUT2D eigenvalue weighted by Crippen LogP contribution is 2.30. The Labute approximate surface area is 105 Å². The molecule has 0 aliphatic heterocycles. The van der Waals surface area contributed by atoms with Gasteiger partial charge in [0.15, 0.2) is 0 Å². The van der Waals surface area contributed by atoms with Gasteiger partial charge in [-0.15, -0.1) is 0 Å². The van der Waals surface area contributed by atoms with Crippen molar-refractivity contribution >= 4 is 27.5 Å². The molecule has 0 saturated heterocycles. The Balaban J connectivity index is 2.70. The molecule has 1 atom stereocenters. The van der Waals surface area contributed by atoms with Crippen LogP contribution >= 0.6 is 27.5 Å². The Hall–Kier alpha value is -0.260. The average molecular weight is 317 g/mol. The van der Waals surface area contributed by atoms with Crippen LogP contribution in [0.5, 0.6) is 0 Å². The number of hydrogen-bond donors (Lipinski definition) is 1. The smallest absolute Gasteiger partial charge is 0.324 e. The third-order valence-electron chi connectivity index (χ3n) is 2.10. The Kier molecular flexibility index (Phi) is 4.64. The first-order chi connectivity index (χ1) is 7.29. The van der Waals surface area contributed by atoms with Gasteiger partial charge >= 0.3 is 6.18 Å². The van der Waals surface area contributed by atoms with Crippen LogP contribution in [-0.4, -0.2) is 6.18 Å². The fourth-order valence-electron chi connectivity index (χ4n) is 1.28. The Bertz CT molecular complexity index is 368. The van der Waals surface area contributed by atoms with Crippen molar-refractivity contribution < 1.29 is 13.2 Å². The standard InChI is InChI=1S/C10H10BrClF3N/c11-6-1-2-7(8(12)5-6)9(16)3-4-10(13,14)15/h1-2,5,9H,3-4,16H2/t9-/m0/s1. The van der Waals surface area contributed by atoms with Gasteiger partial charge in [-0.25, -0.2) is 0 Å². The second kappa shape index (κ2) is 5.38. The van der Waals surface area contributed by atoms with Crippen molar-refractivity contribution in [3.05, 3.63) is 33.3 Å². The molecule has 2 N–H and O–H groups in total. The number of hydrogen-bond acceptors (Lipinski definition) is 1. The summed E-state index contributed by atoms with van der Waals surface area (Å²) in [5, 5.41) is 0.379. The van der Waals surface area contributed by atoms with E-state index in [2.05, 4.69) is 15.9 Å². The molecule has 1 nitrogen and oxygen atoms in total. The van der Waals surface area contributed by atoms with Crippen LogP contribution in [0.25, 0.3) is 0 Å². The van der Waals surface area contributed by atoms with E-state index in [1.54, 1.807) is 18.2 Å². The van der Waals surface area contributed by atoms with E-state index in [-0.39, 0.29) is 6.42 Å². The van der Waals surface area contributed by atoms with Crippen molar-refractivity contribution in [3.8, 4) is 0 Å². The zero-order valence-corrected chi connectivity index (χ0v) is 10.5. The number of alkyl halides is 3. The van der Waals surface area contributed by atoms with Crippen LogP contribution in [0.3, 0.4) is 0 Å². The van der Waals surface area contributed by atoms with Gasteiger partial charge in [0.05, 0.1) is 0 Å². The van der Waals surface area contributed by atoms with E-state index in [1.807, 2.05) is 0 Å². The molecule has 6 heteroatoms. The summed E-state index contributed by atoms with van der Waals surface area (Å²) in [4.78, 5) is 0. The number of nitrogens with two attached hydrogens (primary N) is 1. The summed E-state index contributed by atoms with van der Waals surface area (Å²) < 4.78 is 36.8. The molecule has 0 heterocycles. The summed E-state index contributed by atoms with van der Waals surface area (Å²) in [7, 11) is 0. The summed E-state index contributed by atoms with van der Waals surface area (Å²) in [6, 6.07) is 4.26. The van der Waals surface area contributed by atoms with Crippen LogP contribution in [0, 0.1) is 0 Å². The topological polar surface area (TPSA) is 26.0 Å². The molecule has 1 aromatic rings. The summed E-state index contributed by atoms with van der Waals surface area (Å²) in [6.07, 6.45) is -5.25. The highest BCUT2D eigenvalue weighted by molar-refractivity contribution is 9.10. The van der Waals surface area contributed by atoms with Gasteiger partial charge in [0, 0.05) is 22.0 Å². The molecule has 0 spiro atoms. The van der Waals surface area contributed by atoms with E-state index >= 15 is 0 Å². The van der Waals surface area contributed by atoms with Gasteiger partial charge in [0.25, 0.3) is 0 Å². The lowest BCUT2D eigenvalue weighted by atomic mass is 10.0. The molecule has 0 fully saturated rings. The van der Waals surface area contributed by atoms with Gasteiger partial charge in [-0.3, -0.25) is 0 Å². The second-order valence-corrected chi connectivity index (χ2v) is 4.75. The van der Waals surface area contributed by atoms with Crippen LogP contribution in [-0.2, 0) is 0 Å². The molecular weight excluding hydrogens is 306 g/mol. The van der Waals surface area contributed by atoms with E-state index in [0.717, 1.165) is 4.47 Å². The molecule has 0 bridgehead atoms. The molecule has 0 aliphatic carbocycles. The minimum Gasteiger partial charge on any atom is -0.324 e. The third-order valence-corrected chi connectivity index (χ3v) is 2.92. The fourth-order valence-corrected chi connectivity index (χ4v) is 2.09. The lowest BCUT2D eigenvalue weighted by Crippen LogP contribution is -2.16. The van der Waals surface area contributed by atoms with Crippen molar-refractivity contribution in [1.82, 2.24) is 0 Å². The van der Waals surface area contributed by atoms with Crippen molar-refractivity contribution in [2.75, 3.05) is 0 Å². The molecule has 0 amide bonds. The SMILES string of the molecule is N[C@@H](CCC(F)(F)F)c1ccc(Br)cc1Cl. The molecule has 0 aliphatic rings. The minimum absolute atomic E-state index is 0.162. The molecule has 0 unspecified atom stereocenters. The van der Waals surface area contributed by atoms with Gasteiger partial charge < -0.3 is 5.73 Å². The summed E-state index contributed by atoms with van der Waals surface area (Å²) in [5.74, 6) is 0. The molecule has 0 saturated carbocycles. The molecular formula is C10H10BrClF3N. The van der Waals surface area contributed by atoms with Crippen molar-refractivity contribution in [2.45, 2.75) is 25.1 Å². The van der Waals surface area contributed by atoms with Crippen LogP contribution in [0.15, 0.2) is 22.7 Å². The maximum atomic E-state index is 12.0. The Morgan fingerprint density at radius 3 is 2.50 bits per heavy atom. The van der Waals surface area contributed by atoms with E-state index in [1.165, 1.54) is 0 Å². The van der Waals surface area contributed by atoms with Crippen LogP contribution in [0.2, 0.25) is 5.02 Å². The van der Waals surface area contributed by atoms with Crippen molar-refractivity contribution in [3.63, 3.8) is 0 Å². The average Bonchev–Trinajstić information content (AvgIpc) is 2.13. The van der Waals surface area contributed by atoms with Gasteiger partial charge in [0.2, 0.25) is 0 Å². The van der Waals surface area contributed by atoms with E-state index in [9.17, 15) is 13.2 Å². The first kappa shape index (κ1) is 13.8. The van der Waals surface area contributed by atoms with E-state index in [0.29, 0.717) is 10.6 Å². The van der Waals surface area contributed by atoms with Gasteiger partial charge in [0.1, 0.15) is 0 Å². The first-order valence-electron chi connectivity index (χ1n) is 4.57. The maximum absolute atomic E-state index is 12.0. The summed E-state index contributed by atoms with van der Waals surface area (Å²) in [6.45, 7) is 0. The third kappa shape index (κ3) is 4.31. The molecule has 0 aromatic heterocycles. The molecule has 1 rings (SSSR count). The quantitative estimate of drug-likeness (QED) is 0.876. The molecule has 1 aromatic carbocycles. The number of halogens is 5. The first-order valence-corrected chi connectivity index (χ1v) is 5.74. The molecule has 16 heavy (non-hydrogen) atoms. The Morgan fingerprint density at radius 1 is 1.38 bits per heavy atom. The van der Waals surface area contributed by atoms with Crippen LogP contribution in [0.1, 0.15) is 24.4 Å². The van der Waals surface area contributed by atoms with Crippen LogP contribution in [0.4, 0.5) is 13.2 Å². The minimum atomic E-state index is -4.18. The normalized spacial score (nSPS) is 13.9. The molecule has 0 radical (unpaired) electrons. The number of benzene rings is 1. The zero-order valence-electron chi connectivity index (χ0n) is 8.19. The predicted molar refractivity (Wildman–Crippen MR) is 61.4 cm³/mol. The second-order valence-electron chi connectivity index (χ2n) is 3.43. The van der Waals surface area contributed by atoms with Crippen molar-refractivity contribution in [1.29, 1.82) is 0 Å². The largest absolute Gasteiger partial charge is 0.389 e. The van der Waals surface area contributed by atoms with E-state index < -0.39 is 18.6 Å². The highest BCUT2D eigenvalue weighted by Gasteiger charge is 2.28. The zero-order chi connectivity index (χ0) is 12.3. The van der Waals surface area contributed by atoms with Crippen molar-refractivity contribution in [2.24, 2.45) is 5.73 Å². The van der Waals surface area contributed by atoms with Gasteiger partial charge in [-0.05, 0) is 24.1 Å². The Morgan fingerprint density at radius 2 is 2.00 bits per heavy atom. The van der Waals surface area contributed by atoms with E-state index in [4.69, 9.17) is 17.3 Å². The molecule has 90 valence electrons. The monoisotopic (exact) mass is 315 g/mol. The van der Waals surface area contributed by atoms with Crippen LogP contribution < -0.4 is 5.73 Å². The lowest BCUT2D eigenvalue weighted by molar-refractivity contribution is -0.136. The highest BCUT2D eigenvalue weighted by atomic mass is 79.9. The maximum Gasteiger partial charge on any atom is 0.389 e. The summed E-state index contributed by atoms with van der Waals surface area (Å²) in [5.41, 5.74) is 6.19. The lowest BCUT2D eigenvalue weighted by Gasteiger charge is -2.15. The fraction of sp³-hybridized carbons (Fsp3) is 0.400. The predicted octanol–water partition coefficient (Wildman–Crippen LogP) is 4.44. The number of rotatable bonds is 3. The van der Waals surface area contributed by atoms with Gasteiger partial charge in [-0.2, -0.15) is 13.2 Å².